The third kappa shape index (κ3) is 6.10. The van der Waals surface area contributed by atoms with Crippen LogP contribution >= 0.6 is 0 Å². The number of rotatable bonds is 5. The molecule has 5 aromatic carbocycles. The number of nitrogens with zero attached hydrogens (tertiary/aromatic N) is 5. The molecule has 51 heavy (non-hydrogen) atoms. The second-order valence-electron chi connectivity index (χ2n) is 15.3. The molecule has 3 heterocycles. The fraction of sp³-hybridized carbons (Fsp3) is 0.174. The van der Waals surface area contributed by atoms with Crippen LogP contribution in [0.4, 0.5) is 0 Å². The molecular formula is C46H41N5. The van der Waals surface area contributed by atoms with Crippen LogP contribution < -0.4 is 0 Å². The van der Waals surface area contributed by atoms with E-state index in [2.05, 4.69) is 112 Å². The van der Waals surface area contributed by atoms with E-state index in [1.165, 1.54) is 21.9 Å². The zero-order chi connectivity index (χ0) is 35.3. The molecule has 0 radical (unpaired) electrons. The van der Waals surface area contributed by atoms with Gasteiger partial charge in [-0.1, -0.05) is 126 Å². The van der Waals surface area contributed by atoms with Gasteiger partial charge in [0.2, 0.25) is 0 Å². The molecule has 0 spiro atoms. The fourth-order valence-electron chi connectivity index (χ4n) is 6.77. The molecule has 0 unspecified atom stereocenters. The molecule has 0 saturated carbocycles. The van der Waals surface area contributed by atoms with Gasteiger partial charge in [0.1, 0.15) is 0 Å². The Bertz CT molecular complexity index is 2390. The third-order valence-electron chi connectivity index (χ3n) is 9.67. The Balaban J connectivity index is 1.46. The third-order valence-corrected chi connectivity index (χ3v) is 9.67. The number of pyridine rings is 1. The highest BCUT2D eigenvalue weighted by atomic mass is 15.1. The Morgan fingerprint density at radius 1 is 0.451 bits per heavy atom. The van der Waals surface area contributed by atoms with Crippen LogP contribution in [0, 0.1) is 0 Å². The van der Waals surface area contributed by atoms with Crippen LogP contribution in [0.2, 0.25) is 0 Å². The molecule has 3 aromatic heterocycles. The predicted molar refractivity (Wildman–Crippen MR) is 211 cm³/mol. The second kappa shape index (κ2) is 12.4. The Morgan fingerprint density at radius 2 is 0.961 bits per heavy atom. The first kappa shape index (κ1) is 32.3. The minimum Gasteiger partial charge on any atom is -0.309 e. The van der Waals surface area contributed by atoms with Crippen molar-refractivity contribution in [2.75, 3.05) is 0 Å². The van der Waals surface area contributed by atoms with Crippen LogP contribution in [0.3, 0.4) is 0 Å². The van der Waals surface area contributed by atoms with Crippen molar-refractivity contribution in [3.63, 3.8) is 0 Å². The Morgan fingerprint density at radius 3 is 1.45 bits per heavy atom. The molecule has 0 saturated heterocycles. The molecular weight excluding hydrogens is 623 g/mol. The lowest BCUT2D eigenvalue weighted by Crippen LogP contribution is -2.10. The van der Waals surface area contributed by atoms with Crippen LogP contribution in [-0.2, 0) is 10.8 Å². The van der Waals surface area contributed by atoms with Crippen molar-refractivity contribution in [2.45, 2.75) is 52.4 Å². The molecule has 0 bridgehead atoms. The molecule has 0 N–H and O–H groups in total. The molecule has 8 aromatic rings. The van der Waals surface area contributed by atoms with Gasteiger partial charge in [0, 0.05) is 45.4 Å². The average Bonchev–Trinajstić information content (AvgIpc) is 3.48. The lowest BCUT2D eigenvalue weighted by molar-refractivity contribution is 0.590. The van der Waals surface area contributed by atoms with Gasteiger partial charge in [0.15, 0.2) is 17.5 Å². The van der Waals surface area contributed by atoms with Crippen molar-refractivity contribution < 1.29 is 0 Å². The van der Waals surface area contributed by atoms with E-state index in [1.54, 1.807) is 6.20 Å². The maximum absolute atomic E-state index is 5.21. The van der Waals surface area contributed by atoms with Crippen LogP contribution in [0.15, 0.2) is 140 Å². The first-order valence-electron chi connectivity index (χ1n) is 17.6. The van der Waals surface area contributed by atoms with E-state index in [0.717, 1.165) is 44.5 Å². The summed E-state index contributed by atoms with van der Waals surface area (Å²) in [6.07, 6.45) is 3.71. The van der Waals surface area contributed by atoms with Gasteiger partial charge in [-0.15, -0.1) is 0 Å². The number of hydrogen-bond acceptors (Lipinski definition) is 4. The van der Waals surface area contributed by atoms with Crippen molar-refractivity contribution in [1.82, 2.24) is 24.5 Å². The maximum Gasteiger partial charge on any atom is 0.166 e. The van der Waals surface area contributed by atoms with E-state index < -0.39 is 0 Å². The summed E-state index contributed by atoms with van der Waals surface area (Å²) in [5, 5.41) is 2.47. The summed E-state index contributed by atoms with van der Waals surface area (Å²) < 4.78 is 2.39. The van der Waals surface area contributed by atoms with Gasteiger partial charge in [-0.05, 0) is 70.0 Å². The van der Waals surface area contributed by atoms with Crippen molar-refractivity contribution in [2.24, 2.45) is 0 Å². The van der Waals surface area contributed by atoms with Crippen molar-refractivity contribution in [3.05, 3.63) is 151 Å². The molecule has 8 rings (SSSR count). The number of fused-ring (bicyclic) bond motifs is 3. The van der Waals surface area contributed by atoms with Crippen molar-refractivity contribution >= 4 is 21.8 Å². The largest absolute Gasteiger partial charge is 0.309 e. The summed E-state index contributed by atoms with van der Waals surface area (Å²) in [6, 6.07) is 44.8. The maximum atomic E-state index is 5.21. The molecule has 0 aliphatic heterocycles. The zero-order valence-corrected chi connectivity index (χ0v) is 30.0. The number of aromatic nitrogens is 5. The van der Waals surface area contributed by atoms with Crippen LogP contribution in [0.1, 0.15) is 52.7 Å². The molecule has 0 atom stereocenters. The normalized spacial score (nSPS) is 12.1. The molecule has 0 amide bonds. The first-order chi connectivity index (χ1) is 24.5. The summed E-state index contributed by atoms with van der Waals surface area (Å²) in [4.78, 5) is 19.8. The topological polar surface area (TPSA) is 56.5 Å². The van der Waals surface area contributed by atoms with Crippen LogP contribution in [0.25, 0.3) is 72.8 Å². The summed E-state index contributed by atoms with van der Waals surface area (Å²) >= 11 is 0. The molecule has 5 heteroatoms. The van der Waals surface area contributed by atoms with Crippen LogP contribution in [0.5, 0.6) is 0 Å². The predicted octanol–water partition coefficient (Wildman–Crippen LogP) is 11.6. The molecule has 0 fully saturated rings. The lowest BCUT2D eigenvalue weighted by Gasteiger charge is -2.19. The van der Waals surface area contributed by atoms with E-state index >= 15 is 0 Å². The van der Waals surface area contributed by atoms with E-state index in [9.17, 15) is 0 Å². The summed E-state index contributed by atoms with van der Waals surface area (Å²) in [5.41, 5.74) is 10.7. The average molecular weight is 664 g/mol. The number of benzene rings is 5. The highest BCUT2D eigenvalue weighted by Crippen LogP contribution is 2.41. The second-order valence-corrected chi connectivity index (χ2v) is 15.3. The van der Waals surface area contributed by atoms with E-state index in [-0.39, 0.29) is 10.8 Å². The van der Waals surface area contributed by atoms with Gasteiger partial charge in [0.05, 0.1) is 16.7 Å². The minimum absolute atomic E-state index is 0.00728. The van der Waals surface area contributed by atoms with Gasteiger partial charge in [-0.2, -0.15) is 0 Å². The molecule has 0 aliphatic rings. The van der Waals surface area contributed by atoms with Gasteiger partial charge in [-0.3, -0.25) is 4.98 Å². The van der Waals surface area contributed by atoms with E-state index in [0.29, 0.717) is 17.5 Å². The van der Waals surface area contributed by atoms with Crippen molar-refractivity contribution in [1.29, 1.82) is 0 Å². The summed E-state index contributed by atoms with van der Waals surface area (Å²) in [6.45, 7) is 13.7. The SMILES string of the molecule is CC(C)(C)c1ccc2c(c1)c1cc(C(C)(C)C)ccc1n2-c1ccc(-c2cccnc2)cc1-c1nc(-c2ccccc2)nc(-c2ccccc2)n1. The Hall–Kier alpha value is -5.94. The summed E-state index contributed by atoms with van der Waals surface area (Å²) in [5.74, 6) is 1.86. The highest BCUT2D eigenvalue weighted by molar-refractivity contribution is 6.10. The molecule has 0 aliphatic carbocycles. The van der Waals surface area contributed by atoms with Crippen LogP contribution in [-0.4, -0.2) is 24.5 Å². The molecule has 5 nitrogen and oxygen atoms in total. The Labute approximate surface area is 299 Å². The Kier molecular flexibility index (Phi) is 7.87. The number of hydrogen-bond donors (Lipinski definition) is 0. The monoisotopic (exact) mass is 663 g/mol. The minimum atomic E-state index is 0.00728. The lowest BCUT2D eigenvalue weighted by atomic mass is 9.85. The van der Waals surface area contributed by atoms with Gasteiger partial charge in [-0.25, -0.2) is 15.0 Å². The first-order valence-corrected chi connectivity index (χ1v) is 17.6. The molecule has 250 valence electrons. The van der Waals surface area contributed by atoms with Gasteiger partial charge < -0.3 is 4.57 Å². The standard InChI is InChI=1S/C46H41N5/c1-45(2,3)34-20-23-39-36(27-34)37-28-35(46(4,5)6)21-24-40(37)51(39)41-22-19-32(33-18-13-25-47-29-33)26-38(41)44-49-42(30-14-9-7-10-15-30)48-43(50-44)31-16-11-8-12-17-31/h7-29H,1-6H3. The van der Waals surface area contributed by atoms with E-state index in [4.69, 9.17) is 15.0 Å². The van der Waals surface area contributed by atoms with Gasteiger partial charge in [0.25, 0.3) is 0 Å². The van der Waals surface area contributed by atoms with Gasteiger partial charge >= 0.3 is 0 Å². The quantitative estimate of drug-likeness (QED) is 0.184. The van der Waals surface area contributed by atoms with Crippen molar-refractivity contribution in [3.8, 4) is 51.0 Å². The summed E-state index contributed by atoms with van der Waals surface area (Å²) in [7, 11) is 0. The highest BCUT2D eigenvalue weighted by Gasteiger charge is 2.23. The zero-order valence-electron chi connectivity index (χ0n) is 30.0. The smallest absolute Gasteiger partial charge is 0.166 e. The fourth-order valence-corrected chi connectivity index (χ4v) is 6.77. The van der Waals surface area contributed by atoms with E-state index in [1.807, 2.05) is 72.9 Å².